The Hall–Kier alpha value is -2.97. The van der Waals surface area contributed by atoms with Gasteiger partial charge in [-0.25, -0.2) is 14.6 Å². The second kappa shape index (κ2) is 7.73. The minimum atomic E-state index is -0.192. The summed E-state index contributed by atoms with van der Waals surface area (Å²) in [4.78, 5) is 21.0. The zero-order chi connectivity index (χ0) is 18.6. The van der Waals surface area contributed by atoms with Crippen LogP contribution in [0.15, 0.2) is 54.6 Å². The van der Waals surface area contributed by atoms with Gasteiger partial charge in [0, 0.05) is 24.2 Å². The first-order valence-corrected chi connectivity index (χ1v) is 9.42. The van der Waals surface area contributed by atoms with E-state index in [1.165, 1.54) is 23.7 Å². The molecule has 0 saturated heterocycles. The average Bonchev–Trinajstić information content (AvgIpc) is 3.38. The van der Waals surface area contributed by atoms with Gasteiger partial charge < -0.3 is 5.32 Å². The Morgan fingerprint density at radius 3 is 2.85 bits per heavy atom. The quantitative estimate of drug-likeness (QED) is 0.506. The SMILES string of the molecule is O=C(/C=C/c1c(Cl)nc2sccn12)NCc1ccc(Cn2cncn2)cc1. The third-order valence-electron chi connectivity index (χ3n) is 3.95. The summed E-state index contributed by atoms with van der Waals surface area (Å²) in [5.74, 6) is -0.192. The van der Waals surface area contributed by atoms with Crippen LogP contribution in [0.2, 0.25) is 5.15 Å². The standard InChI is InChI=1S/C18H15ClN6OS/c19-17-15(25-7-8-27-18(25)23-17)5-6-16(26)21-9-13-1-3-14(4-2-13)10-24-12-20-11-22-24/h1-8,11-12H,9-10H2,(H,21,26)/b6-5+. The lowest BCUT2D eigenvalue weighted by atomic mass is 10.1. The molecule has 4 rings (SSSR count). The summed E-state index contributed by atoms with van der Waals surface area (Å²) in [5, 5.41) is 9.25. The van der Waals surface area contributed by atoms with E-state index in [1.54, 1.807) is 17.1 Å². The highest BCUT2D eigenvalue weighted by Gasteiger charge is 2.08. The van der Waals surface area contributed by atoms with Gasteiger partial charge in [0.1, 0.15) is 12.7 Å². The second-order valence-corrected chi connectivity index (χ2v) is 7.04. The Kier molecular flexibility index (Phi) is 4.99. The summed E-state index contributed by atoms with van der Waals surface area (Å²) in [5.41, 5.74) is 2.83. The molecule has 0 aliphatic carbocycles. The maximum Gasteiger partial charge on any atom is 0.244 e. The van der Waals surface area contributed by atoms with E-state index in [9.17, 15) is 4.79 Å². The fourth-order valence-corrected chi connectivity index (χ4v) is 3.60. The van der Waals surface area contributed by atoms with Crippen LogP contribution in [-0.4, -0.2) is 30.1 Å². The number of hydrogen-bond acceptors (Lipinski definition) is 5. The highest BCUT2D eigenvalue weighted by Crippen LogP contribution is 2.22. The monoisotopic (exact) mass is 398 g/mol. The minimum Gasteiger partial charge on any atom is -0.348 e. The highest BCUT2D eigenvalue weighted by atomic mass is 35.5. The topological polar surface area (TPSA) is 77.1 Å². The third-order valence-corrected chi connectivity index (χ3v) is 4.98. The van der Waals surface area contributed by atoms with E-state index in [-0.39, 0.29) is 5.91 Å². The Bertz CT molecular complexity index is 1080. The fourth-order valence-electron chi connectivity index (χ4n) is 2.59. The number of aromatic nitrogens is 5. The van der Waals surface area contributed by atoms with Gasteiger partial charge in [-0.05, 0) is 17.2 Å². The van der Waals surface area contributed by atoms with Crippen molar-refractivity contribution < 1.29 is 4.79 Å². The van der Waals surface area contributed by atoms with Crippen molar-refractivity contribution in [2.45, 2.75) is 13.1 Å². The molecule has 0 spiro atoms. The largest absolute Gasteiger partial charge is 0.348 e. The Morgan fingerprint density at radius 1 is 1.26 bits per heavy atom. The molecule has 7 nitrogen and oxygen atoms in total. The molecule has 0 atom stereocenters. The van der Waals surface area contributed by atoms with Gasteiger partial charge in [-0.2, -0.15) is 5.10 Å². The molecule has 9 heteroatoms. The number of benzene rings is 1. The van der Waals surface area contributed by atoms with E-state index in [4.69, 9.17) is 11.6 Å². The molecule has 0 saturated carbocycles. The van der Waals surface area contributed by atoms with Crippen molar-refractivity contribution in [1.29, 1.82) is 0 Å². The van der Waals surface area contributed by atoms with Gasteiger partial charge in [0.2, 0.25) is 5.91 Å². The lowest BCUT2D eigenvalue weighted by Crippen LogP contribution is -2.20. The van der Waals surface area contributed by atoms with Crippen LogP contribution in [0.25, 0.3) is 11.0 Å². The summed E-state index contributed by atoms with van der Waals surface area (Å²) in [6.07, 6.45) is 8.20. The third kappa shape index (κ3) is 4.07. The molecule has 1 aromatic carbocycles. The first-order valence-electron chi connectivity index (χ1n) is 8.16. The van der Waals surface area contributed by atoms with Crippen LogP contribution >= 0.6 is 22.9 Å². The fraction of sp³-hybridized carbons (Fsp3) is 0.111. The van der Waals surface area contributed by atoms with Crippen LogP contribution < -0.4 is 5.32 Å². The lowest BCUT2D eigenvalue weighted by Gasteiger charge is -2.05. The van der Waals surface area contributed by atoms with Crippen LogP contribution in [-0.2, 0) is 17.9 Å². The van der Waals surface area contributed by atoms with Gasteiger partial charge >= 0.3 is 0 Å². The van der Waals surface area contributed by atoms with E-state index >= 15 is 0 Å². The van der Waals surface area contributed by atoms with E-state index in [0.717, 1.165) is 16.1 Å². The van der Waals surface area contributed by atoms with Crippen molar-refractivity contribution in [2.75, 3.05) is 0 Å². The van der Waals surface area contributed by atoms with Crippen molar-refractivity contribution in [3.8, 4) is 0 Å². The highest BCUT2D eigenvalue weighted by molar-refractivity contribution is 7.15. The predicted molar refractivity (Wildman–Crippen MR) is 105 cm³/mol. The van der Waals surface area contributed by atoms with Crippen molar-refractivity contribution in [1.82, 2.24) is 29.5 Å². The molecule has 0 aliphatic heterocycles. The maximum atomic E-state index is 12.1. The molecule has 1 N–H and O–H groups in total. The van der Waals surface area contributed by atoms with Crippen LogP contribution in [0, 0.1) is 0 Å². The van der Waals surface area contributed by atoms with Gasteiger partial charge in [-0.1, -0.05) is 35.9 Å². The summed E-state index contributed by atoms with van der Waals surface area (Å²) >= 11 is 7.60. The molecule has 1 amide bonds. The van der Waals surface area contributed by atoms with E-state index < -0.39 is 0 Å². The van der Waals surface area contributed by atoms with Crippen LogP contribution in [0.5, 0.6) is 0 Å². The van der Waals surface area contributed by atoms with Crippen LogP contribution in [0.1, 0.15) is 16.8 Å². The van der Waals surface area contributed by atoms with Gasteiger partial charge in [0.15, 0.2) is 10.1 Å². The Labute approximate surface area is 164 Å². The number of carbonyl (C=O) groups is 1. The minimum absolute atomic E-state index is 0.192. The molecule has 3 heterocycles. The molecule has 136 valence electrons. The van der Waals surface area contributed by atoms with Gasteiger partial charge in [-0.15, -0.1) is 11.3 Å². The molecular formula is C18H15ClN6OS. The first kappa shape index (κ1) is 17.4. The Balaban J connectivity index is 1.33. The van der Waals surface area contributed by atoms with E-state index in [2.05, 4.69) is 20.4 Å². The number of hydrogen-bond donors (Lipinski definition) is 1. The number of nitrogens with one attached hydrogen (secondary N) is 1. The molecular weight excluding hydrogens is 384 g/mol. The molecule has 0 unspecified atom stereocenters. The summed E-state index contributed by atoms with van der Waals surface area (Å²) in [6, 6.07) is 7.99. The molecule has 0 fully saturated rings. The Morgan fingerprint density at radius 2 is 2.07 bits per heavy atom. The number of rotatable bonds is 6. The van der Waals surface area contributed by atoms with Crippen molar-refractivity contribution in [2.24, 2.45) is 0 Å². The number of imidazole rings is 1. The molecule has 27 heavy (non-hydrogen) atoms. The molecule has 4 aromatic rings. The van der Waals surface area contributed by atoms with Gasteiger partial charge in [0.05, 0.1) is 12.2 Å². The molecule has 3 aromatic heterocycles. The lowest BCUT2D eigenvalue weighted by molar-refractivity contribution is -0.116. The number of amides is 1. The van der Waals surface area contributed by atoms with Crippen molar-refractivity contribution in [3.05, 3.63) is 76.5 Å². The molecule has 0 aliphatic rings. The maximum absolute atomic E-state index is 12.1. The van der Waals surface area contributed by atoms with E-state index in [1.807, 2.05) is 40.2 Å². The second-order valence-electron chi connectivity index (χ2n) is 5.80. The number of carbonyl (C=O) groups excluding carboxylic acids is 1. The smallest absolute Gasteiger partial charge is 0.244 e. The zero-order valence-corrected chi connectivity index (χ0v) is 15.7. The first-order chi connectivity index (χ1) is 13.2. The number of thiazole rings is 1. The summed E-state index contributed by atoms with van der Waals surface area (Å²) in [7, 11) is 0. The summed E-state index contributed by atoms with van der Waals surface area (Å²) in [6.45, 7) is 1.11. The van der Waals surface area contributed by atoms with Gasteiger partial charge in [-0.3, -0.25) is 9.20 Å². The van der Waals surface area contributed by atoms with Crippen molar-refractivity contribution in [3.63, 3.8) is 0 Å². The number of fused-ring (bicyclic) bond motifs is 1. The molecule has 0 radical (unpaired) electrons. The predicted octanol–water partition coefficient (Wildman–Crippen LogP) is 3.02. The van der Waals surface area contributed by atoms with Crippen molar-refractivity contribution >= 4 is 39.9 Å². The number of halogens is 1. The summed E-state index contributed by atoms with van der Waals surface area (Å²) < 4.78 is 3.61. The molecule has 0 bridgehead atoms. The number of nitrogens with zero attached hydrogens (tertiary/aromatic N) is 5. The average molecular weight is 399 g/mol. The normalized spacial score (nSPS) is 11.4. The van der Waals surface area contributed by atoms with Crippen LogP contribution in [0.4, 0.5) is 0 Å². The zero-order valence-electron chi connectivity index (χ0n) is 14.1. The van der Waals surface area contributed by atoms with Crippen LogP contribution in [0.3, 0.4) is 0 Å². The van der Waals surface area contributed by atoms with Gasteiger partial charge in [0.25, 0.3) is 0 Å². The van der Waals surface area contributed by atoms with E-state index in [0.29, 0.717) is 23.9 Å².